The van der Waals surface area contributed by atoms with Gasteiger partial charge in [-0.1, -0.05) is 0 Å². The predicted octanol–water partition coefficient (Wildman–Crippen LogP) is 1.81. The van der Waals surface area contributed by atoms with E-state index in [1.165, 1.54) is 29.8 Å². The van der Waals surface area contributed by atoms with Gasteiger partial charge in [-0.15, -0.1) is 5.10 Å². The summed E-state index contributed by atoms with van der Waals surface area (Å²) in [6, 6.07) is 3.76. The van der Waals surface area contributed by atoms with Crippen LogP contribution in [0.1, 0.15) is 28.8 Å². The molecule has 3 aromatic rings. The van der Waals surface area contributed by atoms with Crippen LogP contribution in [0.3, 0.4) is 0 Å². The lowest BCUT2D eigenvalue weighted by Crippen LogP contribution is -2.15. The molecule has 4 rings (SSSR count). The van der Waals surface area contributed by atoms with E-state index in [4.69, 9.17) is 15.7 Å². The number of nitrogens with zero attached hydrogens (tertiary/aromatic N) is 5. The molecule has 1 saturated carbocycles. The highest BCUT2D eigenvalue weighted by Crippen LogP contribution is 2.31. The number of fused-ring (bicyclic) bond motifs is 1. The van der Waals surface area contributed by atoms with Crippen molar-refractivity contribution in [3.8, 4) is 11.8 Å². The van der Waals surface area contributed by atoms with Crippen molar-refractivity contribution < 1.29 is 9.53 Å². The molecule has 0 aromatic carbocycles. The van der Waals surface area contributed by atoms with Crippen LogP contribution in [0.4, 0.5) is 11.5 Å². The van der Waals surface area contributed by atoms with Gasteiger partial charge in [-0.2, -0.15) is 5.26 Å². The maximum Gasteiger partial charge on any atom is 0.263 e. The average Bonchev–Trinajstić information content (AvgIpc) is 3.42. The van der Waals surface area contributed by atoms with Crippen LogP contribution >= 0.6 is 0 Å². The van der Waals surface area contributed by atoms with Crippen LogP contribution in [0.25, 0.3) is 5.65 Å². The van der Waals surface area contributed by atoms with Gasteiger partial charge in [-0.25, -0.2) is 9.50 Å². The summed E-state index contributed by atoms with van der Waals surface area (Å²) in [7, 11) is 0. The molecule has 9 nitrogen and oxygen atoms in total. The molecule has 0 bridgehead atoms. The number of carbonyl (C=O) groups excluding carboxylic acids is 1. The summed E-state index contributed by atoms with van der Waals surface area (Å²) in [5.74, 6) is 0.749. The third-order valence-electron chi connectivity index (χ3n) is 4.26. The lowest BCUT2D eigenvalue weighted by molar-refractivity contribution is 0.102. The first kappa shape index (κ1) is 16.8. The average molecular weight is 363 g/mol. The Morgan fingerprint density at radius 3 is 3.07 bits per heavy atom. The number of carbonyl (C=O) groups is 1. The zero-order valence-corrected chi connectivity index (χ0v) is 14.4. The van der Waals surface area contributed by atoms with Crippen molar-refractivity contribution in [2.75, 3.05) is 17.7 Å². The van der Waals surface area contributed by atoms with Crippen LogP contribution in [0.15, 0.2) is 30.9 Å². The van der Waals surface area contributed by atoms with E-state index < -0.39 is 5.91 Å². The molecule has 1 aliphatic carbocycles. The van der Waals surface area contributed by atoms with Gasteiger partial charge >= 0.3 is 0 Å². The monoisotopic (exact) mass is 363 g/mol. The summed E-state index contributed by atoms with van der Waals surface area (Å²) < 4.78 is 7.19. The summed E-state index contributed by atoms with van der Waals surface area (Å²) in [5, 5.41) is 15.7. The van der Waals surface area contributed by atoms with Crippen molar-refractivity contribution in [3.05, 3.63) is 42.0 Å². The zero-order chi connectivity index (χ0) is 18.8. The molecule has 1 aliphatic rings. The van der Waals surface area contributed by atoms with Gasteiger partial charge in [0.05, 0.1) is 25.3 Å². The first-order valence-corrected chi connectivity index (χ1v) is 8.53. The van der Waals surface area contributed by atoms with Crippen LogP contribution < -0.4 is 15.8 Å². The van der Waals surface area contributed by atoms with E-state index in [-0.39, 0.29) is 17.8 Å². The number of amides is 1. The second-order valence-corrected chi connectivity index (χ2v) is 6.41. The van der Waals surface area contributed by atoms with E-state index in [1.54, 1.807) is 18.5 Å². The van der Waals surface area contributed by atoms with E-state index in [1.807, 2.05) is 6.07 Å². The first-order valence-electron chi connectivity index (χ1n) is 8.53. The largest absolute Gasteiger partial charge is 0.491 e. The lowest BCUT2D eigenvalue weighted by Gasteiger charge is -2.11. The number of hydrogen-bond donors (Lipinski definition) is 2. The van der Waals surface area contributed by atoms with Gasteiger partial charge in [-0.05, 0) is 18.8 Å². The fraction of sp³-hybridized carbons (Fsp3) is 0.278. The zero-order valence-electron chi connectivity index (χ0n) is 14.4. The van der Waals surface area contributed by atoms with E-state index in [2.05, 4.69) is 20.4 Å². The van der Waals surface area contributed by atoms with Crippen molar-refractivity contribution in [3.63, 3.8) is 0 Å². The molecule has 0 radical (unpaired) electrons. The molecule has 9 heteroatoms. The van der Waals surface area contributed by atoms with Crippen LogP contribution in [-0.2, 0) is 6.42 Å². The molecule has 0 aliphatic heterocycles. The second-order valence-electron chi connectivity index (χ2n) is 6.41. The van der Waals surface area contributed by atoms with Gasteiger partial charge in [0.15, 0.2) is 11.5 Å². The Bertz CT molecular complexity index is 1050. The van der Waals surface area contributed by atoms with Gasteiger partial charge in [0.2, 0.25) is 0 Å². The molecule has 0 atom stereocenters. The molecule has 27 heavy (non-hydrogen) atoms. The van der Waals surface area contributed by atoms with Gasteiger partial charge in [0.1, 0.15) is 17.0 Å². The quantitative estimate of drug-likeness (QED) is 0.682. The highest BCUT2D eigenvalue weighted by atomic mass is 16.5. The molecule has 3 heterocycles. The number of hydrogen-bond acceptors (Lipinski definition) is 7. The molecular weight excluding hydrogens is 346 g/mol. The Hall–Kier alpha value is -3.67. The van der Waals surface area contributed by atoms with Gasteiger partial charge < -0.3 is 15.8 Å². The van der Waals surface area contributed by atoms with E-state index in [0.29, 0.717) is 35.2 Å². The Morgan fingerprint density at radius 2 is 2.30 bits per heavy atom. The van der Waals surface area contributed by atoms with E-state index in [9.17, 15) is 4.79 Å². The molecule has 0 unspecified atom stereocenters. The summed E-state index contributed by atoms with van der Waals surface area (Å²) in [5.41, 5.74) is 7.55. The van der Waals surface area contributed by atoms with Crippen molar-refractivity contribution in [2.24, 2.45) is 5.92 Å². The normalized spacial score (nSPS) is 13.3. The van der Waals surface area contributed by atoms with Crippen molar-refractivity contribution in [2.45, 2.75) is 19.3 Å². The first-order chi connectivity index (χ1) is 13.2. The molecule has 0 saturated heterocycles. The molecular formula is C18H17N7O2. The van der Waals surface area contributed by atoms with Crippen molar-refractivity contribution >= 4 is 23.1 Å². The minimum atomic E-state index is -0.452. The molecule has 0 spiro atoms. The molecule has 1 amide bonds. The Kier molecular flexibility index (Phi) is 4.30. The second kappa shape index (κ2) is 6.92. The fourth-order valence-electron chi connectivity index (χ4n) is 2.67. The number of pyridine rings is 1. The maximum atomic E-state index is 12.8. The molecule has 3 aromatic heterocycles. The molecule has 3 N–H and O–H groups in total. The van der Waals surface area contributed by atoms with Gasteiger partial charge in [0.25, 0.3) is 5.91 Å². The van der Waals surface area contributed by atoms with E-state index in [0.717, 1.165) is 0 Å². The smallest absolute Gasteiger partial charge is 0.263 e. The highest BCUT2D eigenvalue weighted by Gasteiger charge is 2.24. The summed E-state index contributed by atoms with van der Waals surface area (Å²) in [4.78, 5) is 21.1. The molecule has 136 valence electrons. The Labute approximate surface area is 154 Å². The van der Waals surface area contributed by atoms with Crippen LogP contribution in [0.5, 0.6) is 5.75 Å². The number of rotatable bonds is 6. The predicted molar refractivity (Wildman–Crippen MR) is 97.1 cm³/mol. The van der Waals surface area contributed by atoms with Crippen LogP contribution in [-0.4, -0.2) is 32.1 Å². The van der Waals surface area contributed by atoms with Gasteiger partial charge in [-0.3, -0.25) is 9.78 Å². The minimum absolute atomic E-state index is 0.0541. The maximum absolute atomic E-state index is 12.8. The minimum Gasteiger partial charge on any atom is -0.491 e. The van der Waals surface area contributed by atoms with Crippen LogP contribution in [0.2, 0.25) is 0 Å². The van der Waals surface area contributed by atoms with Gasteiger partial charge in [0, 0.05) is 30.2 Å². The number of nitrogens with one attached hydrogen (secondary N) is 1. The Morgan fingerprint density at radius 1 is 1.44 bits per heavy atom. The standard InChI is InChI=1S/C18H17N7O2/c19-5-3-12-7-22-17-15(16(20)24-25(17)9-12)18(26)23-13-8-21-6-4-14(13)27-10-11-1-2-11/h4,6-9,11H,1-3,10H2,(H2,20,24)(H,23,26). The van der Waals surface area contributed by atoms with Crippen LogP contribution in [0, 0.1) is 17.2 Å². The number of ether oxygens (including phenoxy) is 1. The lowest BCUT2D eigenvalue weighted by atomic mass is 10.2. The molecule has 1 fully saturated rings. The topological polar surface area (TPSA) is 131 Å². The number of anilines is 2. The number of nitriles is 1. The number of nitrogen functional groups attached to an aromatic ring is 1. The fourth-order valence-corrected chi connectivity index (χ4v) is 2.67. The van der Waals surface area contributed by atoms with E-state index >= 15 is 0 Å². The van der Waals surface area contributed by atoms with Crippen molar-refractivity contribution in [1.82, 2.24) is 19.6 Å². The third-order valence-corrected chi connectivity index (χ3v) is 4.26. The van der Waals surface area contributed by atoms with Crippen molar-refractivity contribution in [1.29, 1.82) is 5.26 Å². The highest BCUT2D eigenvalue weighted by molar-refractivity contribution is 6.11. The summed E-state index contributed by atoms with van der Waals surface area (Å²) in [6.07, 6.45) is 8.84. The third kappa shape index (κ3) is 3.50. The SMILES string of the molecule is N#CCc1cnc2c(C(=O)Nc3cnccc3OCC3CC3)c(N)nn2c1. The number of nitrogens with two attached hydrogens (primary N) is 1. The summed E-state index contributed by atoms with van der Waals surface area (Å²) in [6.45, 7) is 0.620. The Balaban J connectivity index is 1.60. The number of aromatic nitrogens is 4. The summed E-state index contributed by atoms with van der Waals surface area (Å²) >= 11 is 0.